The fourth-order valence-corrected chi connectivity index (χ4v) is 2.63. The number of nitrogens with one attached hydrogen (secondary N) is 2. The van der Waals surface area contributed by atoms with Crippen LogP contribution in [0.5, 0.6) is 5.75 Å². The van der Waals surface area contributed by atoms with Crippen LogP contribution in [0.15, 0.2) is 58.7 Å². The monoisotopic (exact) mass is 363 g/mol. The molecule has 2 aromatic carbocycles. The maximum atomic E-state index is 12.5. The van der Waals surface area contributed by atoms with Crippen LogP contribution in [0.2, 0.25) is 0 Å². The molecule has 0 spiro atoms. The molecule has 4 N–H and O–H groups in total. The van der Waals surface area contributed by atoms with E-state index in [1.165, 1.54) is 0 Å². The number of hydrogen-bond donors (Lipinski definition) is 3. The summed E-state index contributed by atoms with van der Waals surface area (Å²) in [7, 11) is 1.60. The van der Waals surface area contributed by atoms with Crippen molar-refractivity contribution < 1.29 is 9.53 Å². The minimum atomic E-state index is -0.227. The summed E-state index contributed by atoms with van der Waals surface area (Å²) in [6, 6.07) is 14.8. The normalized spacial score (nSPS) is 12.3. The number of methoxy groups -OCH3 is 1. The number of fused-ring (bicyclic) bond motifs is 1. The third kappa shape index (κ3) is 4.14. The number of aromatic amines is 1. The quantitative estimate of drug-likeness (QED) is 0.367. The van der Waals surface area contributed by atoms with E-state index in [4.69, 9.17) is 10.5 Å². The highest BCUT2D eigenvalue weighted by molar-refractivity contribution is 6.07. The maximum absolute atomic E-state index is 12.5. The van der Waals surface area contributed by atoms with E-state index in [1.54, 1.807) is 20.1 Å². The molecule has 0 bridgehead atoms. The molecule has 7 nitrogen and oxygen atoms in total. The molecular weight excluding hydrogens is 342 g/mol. The highest BCUT2D eigenvalue weighted by Gasteiger charge is 2.12. The van der Waals surface area contributed by atoms with Crippen molar-refractivity contribution in [3.8, 4) is 5.75 Å². The molecule has 0 aliphatic rings. The predicted octanol–water partition coefficient (Wildman–Crippen LogP) is 3.53. The molecule has 0 fully saturated rings. The molecule has 1 aromatic heterocycles. The molecule has 0 saturated carbocycles. The van der Waals surface area contributed by atoms with Crippen molar-refractivity contribution in [2.45, 2.75) is 13.8 Å². The Labute approximate surface area is 156 Å². The van der Waals surface area contributed by atoms with E-state index in [2.05, 4.69) is 20.5 Å². The van der Waals surface area contributed by atoms with E-state index in [0.717, 1.165) is 22.2 Å². The summed E-state index contributed by atoms with van der Waals surface area (Å²) in [4.78, 5) is 15.7. The van der Waals surface area contributed by atoms with Gasteiger partial charge in [0.25, 0.3) is 5.91 Å². The number of amidine groups is 1. The van der Waals surface area contributed by atoms with Gasteiger partial charge in [-0.25, -0.2) is 0 Å². The summed E-state index contributed by atoms with van der Waals surface area (Å²) < 4.78 is 5.32. The fraction of sp³-hybridized carbons (Fsp3) is 0.150. The number of benzene rings is 2. The van der Waals surface area contributed by atoms with Crippen molar-refractivity contribution in [3.63, 3.8) is 0 Å². The number of hydrogen-bond acceptors (Lipinski definition) is 4. The summed E-state index contributed by atoms with van der Waals surface area (Å²) in [6.45, 7) is 3.52. The van der Waals surface area contributed by atoms with Gasteiger partial charge in [-0.2, -0.15) is 5.10 Å². The van der Waals surface area contributed by atoms with Crippen LogP contribution in [0, 0.1) is 0 Å². The lowest BCUT2D eigenvalue weighted by Crippen LogP contribution is -2.12. The number of para-hydroxylation sites is 1. The van der Waals surface area contributed by atoms with Gasteiger partial charge in [0.15, 0.2) is 0 Å². The number of nitrogens with two attached hydrogens (primary N) is 1. The van der Waals surface area contributed by atoms with E-state index >= 15 is 0 Å². The smallest absolute Gasteiger partial charge is 0.272 e. The molecular formula is C20H21N5O2. The van der Waals surface area contributed by atoms with Gasteiger partial charge in [-0.15, -0.1) is 5.10 Å². The van der Waals surface area contributed by atoms with Crippen LogP contribution in [-0.4, -0.2) is 29.5 Å². The Morgan fingerprint density at radius 1 is 1.11 bits per heavy atom. The number of anilines is 1. The zero-order chi connectivity index (χ0) is 19.4. The first-order chi connectivity index (χ1) is 13.0. The molecule has 27 heavy (non-hydrogen) atoms. The maximum Gasteiger partial charge on any atom is 0.272 e. The van der Waals surface area contributed by atoms with Gasteiger partial charge in [0.1, 0.15) is 17.3 Å². The van der Waals surface area contributed by atoms with Crippen molar-refractivity contribution in [2.75, 3.05) is 12.4 Å². The third-order valence-corrected chi connectivity index (χ3v) is 4.00. The van der Waals surface area contributed by atoms with Gasteiger partial charge in [0.2, 0.25) is 0 Å². The number of carbonyl (C=O) groups excluding carboxylic acids is 1. The molecule has 0 aliphatic carbocycles. The molecule has 0 atom stereocenters. The lowest BCUT2D eigenvalue weighted by Gasteiger charge is -2.05. The minimum Gasteiger partial charge on any atom is -0.495 e. The second-order valence-electron chi connectivity index (χ2n) is 6.07. The first kappa shape index (κ1) is 18.2. The van der Waals surface area contributed by atoms with E-state index in [0.29, 0.717) is 23.0 Å². The van der Waals surface area contributed by atoms with Crippen LogP contribution >= 0.6 is 0 Å². The van der Waals surface area contributed by atoms with Crippen LogP contribution in [0.4, 0.5) is 5.69 Å². The van der Waals surface area contributed by atoms with Gasteiger partial charge in [0, 0.05) is 11.1 Å². The van der Waals surface area contributed by atoms with Crippen LogP contribution in [0.3, 0.4) is 0 Å². The second-order valence-corrected chi connectivity index (χ2v) is 6.07. The number of carbonyl (C=O) groups is 1. The minimum absolute atomic E-state index is 0.227. The fourth-order valence-electron chi connectivity index (χ4n) is 2.63. The van der Waals surface area contributed by atoms with Gasteiger partial charge < -0.3 is 20.8 Å². The Morgan fingerprint density at radius 2 is 1.85 bits per heavy atom. The largest absolute Gasteiger partial charge is 0.495 e. The Kier molecular flexibility index (Phi) is 5.21. The van der Waals surface area contributed by atoms with Crippen molar-refractivity contribution in [1.82, 2.24) is 4.98 Å². The number of aromatic nitrogens is 1. The number of nitrogens with zero attached hydrogens (tertiary/aromatic N) is 2. The van der Waals surface area contributed by atoms with Gasteiger partial charge in [-0.1, -0.05) is 24.3 Å². The molecule has 0 saturated heterocycles. The van der Waals surface area contributed by atoms with E-state index < -0.39 is 0 Å². The van der Waals surface area contributed by atoms with Gasteiger partial charge in [-0.3, -0.25) is 4.79 Å². The van der Waals surface area contributed by atoms with Gasteiger partial charge in [-0.05, 0) is 43.7 Å². The second kappa shape index (κ2) is 7.74. The summed E-state index contributed by atoms with van der Waals surface area (Å²) in [5.74, 6) is 0.865. The van der Waals surface area contributed by atoms with Crippen molar-refractivity contribution in [1.29, 1.82) is 0 Å². The van der Waals surface area contributed by atoms with Crippen molar-refractivity contribution >= 4 is 34.0 Å². The van der Waals surface area contributed by atoms with Gasteiger partial charge >= 0.3 is 0 Å². The van der Waals surface area contributed by atoms with Gasteiger partial charge in [0.05, 0.1) is 18.3 Å². The van der Waals surface area contributed by atoms with E-state index in [-0.39, 0.29) is 5.91 Å². The highest BCUT2D eigenvalue weighted by Crippen LogP contribution is 2.25. The molecule has 138 valence electrons. The molecule has 7 heteroatoms. The Balaban J connectivity index is 1.76. The molecule has 3 aromatic rings. The number of H-pyrrole nitrogens is 1. The average Bonchev–Trinajstić information content (AvgIpc) is 3.11. The number of rotatable bonds is 5. The molecule has 1 heterocycles. The first-order valence-electron chi connectivity index (χ1n) is 8.40. The summed E-state index contributed by atoms with van der Waals surface area (Å²) in [6.07, 6.45) is 0. The lowest BCUT2D eigenvalue weighted by molar-refractivity contribution is 0.102. The number of amides is 1. The standard InChI is InChI=1S/C20H21N5O2/c1-12(24-25-13(2)21)14-7-9-16(10-8-14)22-20(26)17-11-15-5-4-6-18(27-3)19(15)23-17/h4-11,23H,1-3H3,(H2,21,25)(H,22,26)/b24-12+. The lowest BCUT2D eigenvalue weighted by atomic mass is 10.1. The zero-order valence-electron chi connectivity index (χ0n) is 15.4. The van der Waals surface area contributed by atoms with E-state index in [9.17, 15) is 4.79 Å². The third-order valence-electron chi connectivity index (χ3n) is 4.00. The topological polar surface area (TPSA) is 105 Å². The van der Waals surface area contributed by atoms with Crippen LogP contribution < -0.4 is 15.8 Å². The average molecular weight is 363 g/mol. The molecule has 1 amide bonds. The molecule has 0 aliphatic heterocycles. The Hall–Kier alpha value is -3.61. The highest BCUT2D eigenvalue weighted by atomic mass is 16.5. The summed E-state index contributed by atoms with van der Waals surface area (Å²) in [5, 5.41) is 11.7. The van der Waals surface area contributed by atoms with Crippen molar-refractivity contribution in [3.05, 3.63) is 59.8 Å². The Bertz CT molecular complexity index is 1030. The SMILES string of the molecule is COc1cccc2cc(C(=O)Nc3ccc(/C(C)=N/N=C(/C)N)cc3)[nH]c12. The number of ether oxygens (including phenoxy) is 1. The summed E-state index contributed by atoms with van der Waals surface area (Å²) >= 11 is 0. The summed E-state index contributed by atoms with van der Waals surface area (Å²) in [5.41, 5.74) is 9.05. The first-order valence-corrected chi connectivity index (χ1v) is 8.40. The molecule has 3 rings (SSSR count). The Morgan fingerprint density at radius 3 is 2.52 bits per heavy atom. The predicted molar refractivity (Wildman–Crippen MR) is 109 cm³/mol. The zero-order valence-corrected chi connectivity index (χ0v) is 15.4. The van der Waals surface area contributed by atoms with Crippen LogP contribution in [0.1, 0.15) is 29.9 Å². The van der Waals surface area contributed by atoms with Crippen LogP contribution in [-0.2, 0) is 0 Å². The molecule has 0 radical (unpaired) electrons. The van der Waals surface area contributed by atoms with Crippen molar-refractivity contribution in [2.24, 2.45) is 15.9 Å². The van der Waals surface area contributed by atoms with E-state index in [1.807, 2.05) is 49.4 Å². The molecule has 0 unspecified atom stereocenters. The van der Waals surface area contributed by atoms with Crippen LogP contribution in [0.25, 0.3) is 10.9 Å².